The minimum absolute atomic E-state index is 0.142. The van der Waals surface area contributed by atoms with Crippen LogP contribution in [0.25, 0.3) is 10.4 Å². The Morgan fingerprint density at radius 1 is 1.47 bits per heavy atom. The number of amides is 1. The number of carbonyl (C=O) groups excluding carboxylic acids is 1. The van der Waals surface area contributed by atoms with E-state index in [-0.39, 0.29) is 12.1 Å². The van der Waals surface area contributed by atoms with Crippen LogP contribution in [0.5, 0.6) is 0 Å². The number of likely N-dealkylation sites (tertiary alicyclic amines) is 1. The van der Waals surface area contributed by atoms with E-state index in [9.17, 15) is 4.79 Å². The maximum absolute atomic E-state index is 11.9. The lowest BCUT2D eigenvalue weighted by atomic mass is 9.97. The van der Waals surface area contributed by atoms with E-state index in [0.717, 1.165) is 6.42 Å². The van der Waals surface area contributed by atoms with Crippen LogP contribution in [0, 0.1) is 5.92 Å². The highest BCUT2D eigenvalue weighted by Gasteiger charge is 2.30. The lowest BCUT2D eigenvalue weighted by molar-refractivity contribution is 0.0154. The van der Waals surface area contributed by atoms with E-state index in [4.69, 9.17) is 10.3 Å². The largest absolute Gasteiger partial charge is 0.444 e. The van der Waals surface area contributed by atoms with E-state index in [1.807, 2.05) is 27.7 Å². The predicted octanol–water partition coefficient (Wildman–Crippen LogP) is 2.94. The highest BCUT2D eigenvalue weighted by Crippen LogP contribution is 2.21. The fourth-order valence-electron chi connectivity index (χ4n) is 1.95. The first-order valence-corrected chi connectivity index (χ1v) is 5.84. The molecule has 17 heavy (non-hydrogen) atoms. The molecule has 0 N–H and O–H groups in total. The van der Waals surface area contributed by atoms with E-state index >= 15 is 0 Å². The van der Waals surface area contributed by atoms with Crippen LogP contribution in [0.2, 0.25) is 0 Å². The van der Waals surface area contributed by atoms with Gasteiger partial charge in [-0.15, -0.1) is 0 Å². The molecule has 0 spiro atoms. The first-order chi connectivity index (χ1) is 7.81. The molecule has 2 atom stereocenters. The Balaban J connectivity index is 2.64. The standard InChI is InChI=1S/C11H20N4O2/c1-8-5-9(13-14-12)7-15(6-8)10(16)17-11(2,3)4/h8-9H,5-7H2,1-4H3/t8-,9-/m1/s1. The van der Waals surface area contributed by atoms with Crippen molar-refractivity contribution in [3.63, 3.8) is 0 Å². The van der Waals surface area contributed by atoms with Crippen molar-refractivity contribution < 1.29 is 9.53 Å². The second-order valence-corrected chi connectivity index (χ2v) is 5.58. The molecule has 6 nitrogen and oxygen atoms in total. The molecule has 0 aromatic heterocycles. The molecule has 0 aromatic carbocycles. The van der Waals surface area contributed by atoms with Gasteiger partial charge in [0, 0.05) is 18.0 Å². The van der Waals surface area contributed by atoms with Crippen molar-refractivity contribution >= 4 is 6.09 Å². The number of carbonyl (C=O) groups is 1. The lowest BCUT2D eigenvalue weighted by Crippen LogP contribution is -2.46. The summed E-state index contributed by atoms with van der Waals surface area (Å²) in [6.45, 7) is 8.65. The monoisotopic (exact) mass is 240 g/mol. The molecule has 0 saturated carbocycles. The molecule has 1 fully saturated rings. The molecule has 1 aliphatic rings. The quantitative estimate of drug-likeness (QED) is 0.401. The first-order valence-electron chi connectivity index (χ1n) is 5.84. The van der Waals surface area contributed by atoms with E-state index in [2.05, 4.69) is 10.0 Å². The maximum Gasteiger partial charge on any atom is 0.410 e. The number of rotatable bonds is 1. The third kappa shape index (κ3) is 4.53. The van der Waals surface area contributed by atoms with Crippen molar-refractivity contribution in [2.24, 2.45) is 11.0 Å². The Hall–Kier alpha value is -1.42. The van der Waals surface area contributed by atoms with Crippen LogP contribution in [0.4, 0.5) is 4.79 Å². The van der Waals surface area contributed by atoms with Crippen molar-refractivity contribution in [3.8, 4) is 0 Å². The van der Waals surface area contributed by atoms with Gasteiger partial charge >= 0.3 is 6.09 Å². The summed E-state index contributed by atoms with van der Waals surface area (Å²) >= 11 is 0. The van der Waals surface area contributed by atoms with Crippen molar-refractivity contribution in [1.82, 2.24) is 4.90 Å². The minimum Gasteiger partial charge on any atom is -0.444 e. The lowest BCUT2D eigenvalue weighted by Gasteiger charge is -2.35. The summed E-state index contributed by atoms with van der Waals surface area (Å²) in [6, 6.07) is -0.142. The summed E-state index contributed by atoms with van der Waals surface area (Å²) in [6.07, 6.45) is 0.491. The van der Waals surface area contributed by atoms with Crippen molar-refractivity contribution in [2.75, 3.05) is 13.1 Å². The summed E-state index contributed by atoms with van der Waals surface area (Å²) in [7, 11) is 0. The molecule has 0 aliphatic carbocycles. The maximum atomic E-state index is 11.9. The Morgan fingerprint density at radius 2 is 2.12 bits per heavy atom. The Kier molecular flexibility index (Phi) is 4.23. The molecular formula is C11H20N4O2. The van der Waals surface area contributed by atoms with Crippen molar-refractivity contribution in [3.05, 3.63) is 10.4 Å². The van der Waals surface area contributed by atoms with Gasteiger partial charge in [0.1, 0.15) is 5.60 Å². The molecule has 0 unspecified atom stereocenters. The summed E-state index contributed by atoms with van der Waals surface area (Å²) in [5.41, 5.74) is 7.95. The average Bonchev–Trinajstić information content (AvgIpc) is 2.14. The van der Waals surface area contributed by atoms with Gasteiger partial charge in [0.25, 0.3) is 0 Å². The smallest absolute Gasteiger partial charge is 0.410 e. The molecule has 0 aromatic rings. The van der Waals surface area contributed by atoms with Gasteiger partial charge in [0.2, 0.25) is 0 Å². The molecule has 96 valence electrons. The van der Waals surface area contributed by atoms with Crippen LogP contribution in [-0.4, -0.2) is 35.7 Å². The van der Waals surface area contributed by atoms with Gasteiger partial charge in [-0.1, -0.05) is 12.0 Å². The van der Waals surface area contributed by atoms with Crippen molar-refractivity contribution in [1.29, 1.82) is 0 Å². The third-order valence-electron chi connectivity index (χ3n) is 2.50. The molecule has 1 saturated heterocycles. The van der Waals surface area contributed by atoms with Crippen LogP contribution < -0.4 is 0 Å². The molecule has 1 heterocycles. The van der Waals surface area contributed by atoms with E-state index in [1.165, 1.54) is 0 Å². The van der Waals surface area contributed by atoms with Crippen molar-refractivity contribution in [2.45, 2.75) is 45.8 Å². The summed E-state index contributed by atoms with van der Waals surface area (Å²) in [4.78, 5) is 16.3. The number of ether oxygens (including phenoxy) is 1. The first kappa shape index (κ1) is 13.6. The second kappa shape index (κ2) is 5.27. The fourth-order valence-corrected chi connectivity index (χ4v) is 1.95. The third-order valence-corrected chi connectivity index (χ3v) is 2.50. The Bertz CT molecular complexity index is 331. The number of piperidine rings is 1. The number of hydrogen-bond acceptors (Lipinski definition) is 3. The zero-order valence-corrected chi connectivity index (χ0v) is 10.9. The zero-order chi connectivity index (χ0) is 13.1. The number of azide groups is 1. The number of nitrogens with zero attached hydrogens (tertiary/aromatic N) is 4. The zero-order valence-electron chi connectivity index (χ0n) is 10.9. The topological polar surface area (TPSA) is 78.3 Å². The summed E-state index contributed by atoms with van der Waals surface area (Å²) in [5, 5.41) is 3.69. The molecule has 1 rings (SSSR count). The Labute approximate surface area is 102 Å². The van der Waals surface area contributed by atoms with E-state index in [1.54, 1.807) is 4.90 Å². The van der Waals surface area contributed by atoms with Crippen LogP contribution >= 0.6 is 0 Å². The van der Waals surface area contributed by atoms with Gasteiger partial charge in [-0.05, 0) is 38.6 Å². The van der Waals surface area contributed by atoms with Crippen LogP contribution in [0.15, 0.2) is 5.11 Å². The predicted molar refractivity (Wildman–Crippen MR) is 64.5 cm³/mol. The van der Waals surface area contributed by atoms with Crippen LogP contribution in [0.1, 0.15) is 34.1 Å². The van der Waals surface area contributed by atoms with Gasteiger partial charge in [0.05, 0.1) is 6.04 Å². The minimum atomic E-state index is -0.494. The number of hydrogen-bond donors (Lipinski definition) is 0. The van der Waals surface area contributed by atoms with Gasteiger partial charge in [0.15, 0.2) is 0 Å². The molecule has 6 heteroatoms. The van der Waals surface area contributed by atoms with Crippen LogP contribution in [-0.2, 0) is 4.74 Å². The summed E-state index contributed by atoms with van der Waals surface area (Å²) in [5.74, 6) is 0.326. The second-order valence-electron chi connectivity index (χ2n) is 5.58. The van der Waals surface area contributed by atoms with E-state index in [0.29, 0.717) is 19.0 Å². The fraction of sp³-hybridized carbons (Fsp3) is 0.909. The average molecular weight is 240 g/mol. The van der Waals surface area contributed by atoms with E-state index < -0.39 is 5.60 Å². The highest BCUT2D eigenvalue weighted by atomic mass is 16.6. The normalized spacial score (nSPS) is 25.1. The van der Waals surface area contributed by atoms with Gasteiger partial charge in [-0.2, -0.15) is 0 Å². The van der Waals surface area contributed by atoms with Gasteiger partial charge < -0.3 is 9.64 Å². The Morgan fingerprint density at radius 3 is 2.65 bits per heavy atom. The SMILES string of the molecule is C[C@@H]1C[C@@H](N=[N+]=[N-])CN(C(=O)OC(C)(C)C)C1. The van der Waals surface area contributed by atoms with Gasteiger partial charge in [-0.3, -0.25) is 0 Å². The molecular weight excluding hydrogens is 220 g/mol. The molecule has 0 bridgehead atoms. The molecule has 1 amide bonds. The van der Waals surface area contributed by atoms with Crippen LogP contribution in [0.3, 0.4) is 0 Å². The van der Waals surface area contributed by atoms with Gasteiger partial charge in [-0.25, -0.2) is 4.79 Å². The molecule has 0 radical (unpaired) electrons. The molecule has 1 aliphatic heterocycles. The highest BCUT2D eigenvalue weighted by molar-refractivity contribution is 5.68. The summed E-state index contributed by atoms with van der Waals surface area (Å²) < 4.78 is 5.30.